The number of methoxy groups -OCH3 is 1. The quantitative estimate of drug-likeness (QED) is 0.203. The third-order valence-corrected chi connectivity index (χ3v) is 8.85. The minimum Gasteiger partial charge on any atom is -0.0380 e. The van der Waals surface area contributed by atoms with Crippen LogP contribution in [0.25, 0.3) is 0 Å². The fourth-order valence-corrected chi connectivity index (χ4v) is 6.71. The van der Waals surface area contributed by atoms with E-state index in [1.807, 2.05) is 0 Å². The number of Topliss-reactive ketones (excluding diaryl/α,β-unsaturated/α-hetero) is 1. The van der Waals surface area contributed by atoms with E-state index in [-0.39, 0.29) is 29.0 Å². The van der Waals surface area contributed by atoms with Gasteiger partial charge in [0.25, 0.3) is 0 Å². The van der Waals surface area contributed by atoms with Gasteiger partial charge in [-0.3, -0.25) is 0 Å². The van der Waals surface area contributed by atoms with Gasteiger partial charge in [0.15, 0.2) is 0 Å². The number of nitrogens with zero attached hydrogens (tertiary/aromatic N) is 3. The van der Waals surface area contributed by atoms with Crippen molar-refractivity contribution in [3.05, 3.63) is 39.3 Å². The van der Waals surface area contributed by atoms with Gasteiger partial charge in [-0.1, -0.05) is 0 Å². The van der Waals surface area contributed by atoms with Crippen molar-refractivity contribution < 1.29 is 22.7 Å². The van der Waals surface area contributed by atoms with E-state index < -0.39 is 16.1 Å². The van der Waals surface area contributed by atoms with Crippen LogP contribution in [0.5, 0.6) is 5.75 Å². The van der Waals surface area contributed by atoms with E-state index in [1.54, 1.807) is 50.4 Å². The van der Waals surface area contributed by atoms with Crippen LogP contribution in [0.15, 0.2) is 26.9 Å². The van der Waals surface area contributed by atoms with Gasteiger partial charge in [0.1, 0.15) is 5.75 Å². The molecule has 0 bridgehead atoms. The van der Waals surface area contributed by atoms with Gasteiger partial charge in [-0.05, 0) is 32.4 Å². The molecule has 3 rings (SSSR count). The van der Waals surface area contributed by atoms with Crippen molar-refractivity contribution in [2.75, 3.05) is 26.6 Å². The molecule has 0 aliphatic carbocycles. The molecule has 194 valence electrons. The summed E-state index contributed by atoms with van der Waals surface area (Å²) in [7, 11) is -1.80. The van der Waals surface area contributed by atoms with Crippen LogP contribution in [0.2, 0.25) is 0 Å². The van der Waals surface area contributed by atoms with Crippen molar-refractivity contribution in [1.29, 1.82) is 0 Å². The Morgan fingerprint density at radius 1 is 1.39 bits per heavy atom. The van der Waals surface area contributed by atoms with Gasteiger partial charge in [0, 0.05) is 0 Å². The Morgan fingerprint density at radius 3 is 2.78 bits per heavy atom. The third kappa shape index (κ3) is 6.37. The number of carbonyl (C=O) groups excluding carboxylic acids is 1. The van der Waals surface area contributed by atoms with E-state index in [4.69, 9.17) is 10.5 Å². The summed E-state index contributed by atoms with van der Waals surface area (Å²) < 4.78 is 46.7. The number of piperidine rings is 1. The summed E-state index contributed by atoms with van der Waals surface area (Å²) in [6.45, 7) is 6.25. The van der Waals surface area contributed by atoms with Gasteiger partial charge >= 0.3 is 167 Å². The van der Waals surface area contributed by atoms with Crippen molar-refractivity contribution in [2.45, 2.75) is 51.0 Å². The van der Waals surface area contributed by atoms with Gasteiger partial charge < -0.3 is 4.74 Å². The monoisotopic (exact) mass is 533 g/mol. The zero-order valence-electron chi connectivity index (χ0n) is 21.0. The number of hydrogen-bond acceptors (Lipinski definition) is 8. The van der Waals surface area contributed by atoms with Crippen LogP contribution >= 0.6 is 11.3 Å². The second-order valence-corrected chi connectivity index (χ2v) is 11.4. The van der Waals surface area contributed by atoms with Crippen molar-refractivity contribution in [3.8, 4) is 5.75 Å². The molecule has 1 fully saturated rings. The Morgan fingerprint density at radius 2 is 2.14 bits per heavy atom. The summed E-state index contributed by atoms with van der Waals surface area (Å²) in [5, 5.41) is 5.12. The van der Waals surface area contributed by atoms with E-state index in [0.717, 1.165) is 25.6 Å². The summed E-state index contributed by atoms with van der Waals surface area (Å²) in [4.78, 5) is 18.9. The molecule has 2 heterocycles. The minimum atomic E-state index is -4.06. The Hall–Kier alpha value is -2.64. The zero-order chi connectivity index (χ0) is 26.5. The maximum absolute atomic E-state index is 13.2. The molecule has 0 saturated carbocycles. The Labute approximate surface area is 216 Å². The fraction of sp³-hybridized carbons (Fsp3) is 0.522. The zero-order valence-corrected chi connectivity index (χ0v) is 22.6. The molecule has 1 aliphatic rings. The molecule has 1 aromatic carbocycles. The van der Waals surface area contributed by atoms with Gasteiger partial charge in [0.05, 0.1) is 7.11 Å². The maximum atomic E-state index is 13.2. The van der Waals surface area contributed by atoms with Crippen LogP contribution in [0, 0.1) is 26.7 Å². The van der Waals surface area contributed by atoms with Gasteiger partial charge in [-0.25, -0.2) is 0 Å². The standard InChI is InChI=1S/C23H32BN5O5S2/c1-14-10-19(34-4)15(2)16(3)21(14)36(32,33)28-23(25)29-8-5-6-17(12-29)11-18(27-13-24-31)20(30)22-26-7-9-35-22/h7,9-10,17-18,27H,5-6,8,11-13H2,1-4H3,(H2,25,28)/t17-,18?/m0/s1. The molecule has 0 radical (unpaired) electrons. The Balaban J connectivity index is 1.79. The van der Waals surface area contributed by atoms with Crippen molar-refractivity contribution in [3.63, 3.8) is 0 Å². The number of sulfonamides is 1. The summed E-state index contributed by atoms with van der Waals surface area (Å²) in [5.74, 6) is 0.435. The molecule has 0 spiro atoms. The number of likely N-dealkylation sites (tertiary alicyclic amines) is 1. The molecule has 1 aliphatic heterocycles. The molecule has 1 unspecified atom stereocenters. The van der Waals surface area contributed by atoms with Crippen LogP contribution < -0.4 is 15.8 Å². The number of guanidine groups is 1. The van der Waals surface area contributed by atoms with Crippen molar-refractivity contribution in [2.24, 2.45) is 16.0 Å². The minimum absolute atomic E-state index is 0.0509. The number of aryl methyl sites for hydroxylation is 1. The summed E-state index contributed by atoms with van der Waals surface area (Å²) in [6, 6.07) is 1.12. The Bertz CT molecular complexity index is 1230. The number of nitrogens with two attached hydrogens (primary N) is 1. The summed E-state index contributed by atoms with van der Waals surface area (Å²) in [6.07, 6.45) is 3.71. The van der Waals surface area contributed by atoms with Crippen LogP contribution in [-0.2, 0) is 14.7 Å². The molecule has 3 N–H and O–H groups in total. The van der Waals surface area contributed by atoms with Crippen LogP contribution in [0.3, 0.4) is 0 Å². The fourth-order valence-electron chi connectivity index (χ4n) is 4.62. The molecular weight excluding hydrogens is 501 g/mol. The molecule has 1 saturated heterocycles. The van der Waals surface area contributed by atoms with Crippen molar-refractivity contribution >= 4 is 40.3 Å². The SMILES string of the molecule is COc1cc(C)c(S(=O)(=O)/N=C(\N)N2CCC[C@@H](CC(NCB=O)C(=O)c3nccs3)C2)c(C)c1C. The first-order valence-electron chi connectivity index (χ1n) is 11.7. The first-order chi connectivity index (χ1) is 17.1. The van der Waals surface area contributed by atoms with Gasteiger partial charge in [-0.15, -0.1) is 0 Å². The predicted molar refractivity (Wildman–Crippen MR) is 140 cm³/mol. The Kier molecular flexibility index (Phi) is 9.37. The number of aromatic nitrogens is 1. The second kappa shape index (κ2) is 12.1. The smallest absolute Gasteiger partial charge is 0.0380 e. The predicted octanol–water partition coefficient (Wildman–Crippen LogP) is 2.03. The number of ether oxygens (including phenoxy) is 1. The first-order valence-corrected chi connectivity index (χ1v) is 14.0. The van der Waals surface area contributed by atoms with Crippen LogP contribution in [0.4, 0.5) is 0 Å². The van der Waals surface area contributed by atoms with Crippen LogP contribution in [0.1, 0.15) is 45.8 Å². The normalized spacial score (nSPS) is 17.5. The number of hydrogen-bond donors (Lipinski definition) is 2. The molecule has 2 aromatic rings. The first kappa shape index (κ1) is 27.9. The molecule has 2 atom stereocenters. The third-order valence-electron chi connectivity index (χ3n) is 6.49. The average molecular weight is 533 g/mol. The molecule has 10 nitrogen and oxygen atoms in total. The number of nitrogens with one attached hydrogen (secondary N) is 1. The van der Waals surface area contributed by atoms with E-state index in [9.17, 15) is 17.9 Å². The second-order valence-electron chi connectivity index (χ2n) is 8.92. The molecule has 1 aromatic heterocycles. The summed E-state index contributed by atoms with van der Waals surface area (Å²) >= 11 is 1.26. The van der Waals surface area contributed by atoms with E-state index in [1.165, 1.54) is 11.3 Å². The molecule has 13 heteroatoms. The van der Waals surface area contributed by atoms with Gasteiger partial charge in [-0.2, -0.15) is 0 Å². The summed E-state index contributed by atoms with van der Waals surface area (Å²) in [5.41, 5.74) is 8.05. The molecular formula is C23H32BN5O5S2. The number of benzene rings is 1. The van der Waals surface area contributed by atoms with Crippen LogP contribution in [-0.4, -0.2) is 69.9 Å². The molecule has 36 heavy (non-hydrogen) atoms. The van der Waals surface area contributed by atoms with E-state index in [2.05, 4.69) is 14.7 Å². The van der Waals surface area contributed by atoms with Gasteiger partial charge in [0.2, 0.25) is 0 Å². The number of thiazole rings is 1. The van der Waals surface area contributed by atoms with E-state index in [0.29, 0.717) is 41.4 Å². The van der Waals surface area contributed by atoms with E-state index >= 15 is 0 Å². The number of ketones is 1. The number of rotatable bonds is 10. The topological polar surface area (TPSA) is 144 Å². The average Bonchev–Trinajstić information content (AvgIpc) is 3.38. The molecule has 0 amide bonds. The van der Waals surface area contributed by atoms with Crippen molar-refractivity contribution in [1.82, 2.24) is 15.2 Å². The number of carbonyl (C=O) groups is 1.